The van der Waals surface area contributed by atoms with E-state index in [-0.39, 0.29) is 5.84 Å². The topological polar surface area (TPSA) is 53.1 Å². The molecular weight excluding hydrogens is 246 g/mol. The second-order valence-corrected chi connectivity index (χ2v) is 5.69. The lowest BCUT2D eigenvalue weighted by Gasteiger charge is -2.23. The summed E-state index contributed by atoms with van der Waals surface area (Å²) in [6, 6.07) is 5.72. The largest absolute Gasteiger partial charge is 0.384 e. The Labute approximate surface area is 113 Å². The Morgan fingerprint density at radius 2 is 2.22 bits per heavy atom. The number of halogens is 1. The van der Waals surface area contributed by atoms with Gasteiger partial charge in [0.15, 0.2) is 0 Å². The van der Waals surface area contributed by atoms with Gasteiger partial charge in [0.05, 0.1) is 10.6 Å². The zero-order chi connectivity index (χ0) is 13.3. The van der Waals surface area contributed by atoms with Crippen LogP contribution in [0.5, 0.6) is 0 Å². The highest BCUT2D eigenvalue weighted by molar-refractivity contribution is 6.34. The van der Waals surface area contributed by atoms with Gasteiger partial charge < -0.3 is 10.6 Å². The molecule has 1 unspecified atom stereocenters. The van der Waals surface area contributed by atoms with E-state index in [2.05, 4.69) is 18.7 Å². The van der Waals surface area contributed by atoms with Crippen LogP contribution in [0.4, 0.5) is 5.69 Å². The highest BCUT2D eigenvalue weighted by atomic mass is 35.5. The Bertz CT molecular complexity index is 456. The van der Waals surface area contributed by atoms with Crippen LogP contribution in [0.1, 0.15) is 25.8 Å². The maximum absolute atomic E-state index is 7.68. The molecule has 98 valence electrons. The van der Waals surface area contributed by atoms with Gasteiger partial charge in [-0.15, -0.1) is 0 Å². The number of rotatable bonds is 3. The fourth-order valence-corrected chi connectivity index (χ4v) is 2.86. The maximum atomic E-state index is 7.68. The first-order chi connectivity index (χ1) is 8.50. The SMILES string of the molecule is CC(C)C1CCN(c2cccc(Cl)c2C(=N)N)C1. The van der Waals surface area contributed by atoms with Gasteiger partial charge in [0, 0.05) is 18.8 Å². The van der Waals surface area contributed by atoms with Gasteiger partial charge in [-0.05, 0) is 30.4 Å². The monoisotopic (exact) mass is 265 g/mol. The van der Waals surface area contributed by atoms with Crippen molar-refractivity contribution in [2.75, 3.05) is 18.0 Å². The lowest BCUT2D eigenvalue weighted by Crippen LogP contribution is -2.25. The molecule has 0 aliphatic carbocycles. The smallest absolute Gasteiger partial charge is 0.126 e. The van der Waals surface area contributed by atoms with Crippen molar-refractivity contribution < 1.29 is 0 Å². The number of benzene rings is 1. The van der Waals surface area contributed by atoms with Crippen LogP contribution in [0.3, 0.4) is 0 Å². The normalized spacial score (nSPS) is 19.6. The van der Waals surface area contributed by atoms with Crippen LogP contribution in [-0.2, 0) is 0 Å². The van der Waals surface area contributed by atoms with Gasteiger partial charge in [-0.25, -0.2) is 0 Å². The van der Waals surface area contributed by atoms with Crippen LogP contribution < -0.4 is 10.6 Å². The lowest BCUT2D eigenvalue weighted by atomic mass is 9.95. The quantitative estimate of drug-likeness (QED) is 0.652. The predicted molar refractivity (Wildman–Crippen MR) is 77.6 cm³/mol. The Balaban J connectivity index is 2.30. The van der Waals surface area contributed by atoms with Crippen molar-refractivity contribution in [3.05, 3.63) is 28.8 Å². The first-order valence-electron chi connectivity index (χ1n) is 6.38. The molecule has 18 heavy (non-hydrogen) atoms. The van der Waals surface area contributed by atoms with E-state index in [1.54, 1.807) is 6.07 Å². The van der Waals surface area contributed by atoms with E-state index in [1.165, 1.54) is 6.42 Å². The highest BCUT2D eigenvalue weighted by Crippen LogP contribution is 2.33. The second kappa shape index (κ2) is 5.19. The summed E-state index contributed by atoms with van der Waals surface area (Å²) in [5, 5.41) is 8.25. The van der Waals surface area contributed by atoms with E-state index in [4.69, 9.17) is 22.7 Å². The highest BCUT2D eigenvalue weighted by Gasteiger charge is 2.27. The number of anilines is 1. The van der Waals surface area contributed by atoms with Gasteiger partial charge in [-0.2, -0.15) is 0 Å². The number of nitrogens with one attached hydrogen (secondary N) is 1. The minimum absolute atomic E-state index is 0.0450. The number of nitrogens with two attached hydrogens (primary N) is 1. The molecule has 0 saturated carbocycles. The molecule has 0 aromatic heterocycles. The van der Waals surface area contributed by atoms with E-state index in [9.17, 15) is 0 Å². The van der Waals surface area contributed by atoms with E-state index < -0.39 is 0 Å². The van der Waals surface area contributed by atoms with E-state index in [0.717, 1.165) is 18.8 Å². The molecule has 1 aliphatic heterocycles. The van der Waals surface area contributed by atoms with Crippen LogP contribution >= 0.6 is 11.6 Å². The number of nitrogens with zero attached hydrogens (tertiary/aromatic N) is 1. The van der Waals surface area contributed by atoms with Crippen molar-refractivity contribution >= 4 is 23.1 Å². The molecule has 2 rings (SSSR count). The lowest BCUT2D eigenvalue weighted by molar-refractivity contribution is 0.423. The van der Waals surface area contributed by atoms with E-state index in [1.807, 2.05) is 12.1 Å². The van der Waals surface area contributed by atoms with E-state index >= 15 is 0 Å². The third kappa shape index (κ3) is 2.46. The van der Waals surface area contributed by atoms with Crippen LogP contribution in [0, 0.1) is 17.2 Å². The molecule has 1 fully saturated rings. The summed E-state index contributed by atoms with van der Waals surface area (Å²) in [7, 11) is 0. The molecule has 0 amide bonds. The zero-order valence-electron chi connectivity index (χ0n) is 10.9. The van der Waals surface area contributed by atoms with Crippen LogP contribution in [-0.4, -0.2) is 18.9 Å². The summed E-state index contributed by atoms with van der Waals surface area (Å²) in [5.74, 6) is 1.45. The van der Waals surface area contributed by atoms with Crippen molar-refractivity contribution in [2.24, 2.45) is 17.6 Å². The number of hydrogen-bond donors (Lipinski definition) is 2. The molecule has 1 atom stereocenters. The summed E-state index contributed by atoms with van der Waals surface area (Å²) >= 11 is 6.15. The minimum Gasteiger partial charge on any atom is -0.384 e. The van der Waals surface area contributed by atoms with Crippen LogP contribution in [0.15, 0.2) is 18.2 Å². The summed E-state index contributed by atoms with van der Waals surface area (Å²) in [5.41, 5.74) is 7.32. The number of hydrogen-bond acceptors (Lipinski definition) is 2. The molecule has 1 heterocycles. The molecule has 3 nitrogen and oxygen atoms in total. The van der Waals surface area contributed by atoms with E-state index in [0.29, 0.717) is 22.4 Å². The van der Waals surface area contributed by atoms with Crippen molar-refractivity contribution in [3.63, 3.8) is 0 Å². The first-order valence-corrected chi connectivity index (χ1v) is 6.76. The minimum atomic E-state index is 0.0450. The third-order valence-corrected chi connectivity index (χ3v) is 4.08. The predicted octanol–water partition coefficient (Wildman–Crippen LogP) is 3.11. The first kappa shape index (κ1) is 13.2. The summed E-state index contributed by atoms with van der Waals surface area (Å²) in [6.45, 7) is 6.57. The second-order valence-electron chi connectivity index (χ2n) is 5.29. The van der Waals surface area contributed by atoms with Crippen LogP contribution in [0.2, 0.25) is 5.02 Å². The molecule has 3 N–H and O–H groups in total. The zero-order valence-corrected chi connectivity index (χ0v) is 11.7. The Morgan fingerprint density at radius 3 is 2.78 bits per heavy atom. The molecule has 4 heteroatoms. The van der Waals surface area contributed by atoms with Crippen molar-refractivity contribution in [2.45, 2.75) is 20.3 Å². The maximum Gasteiger partial charge on any atom is 0.126 e. The fourth-order valence-electron chi connectivity index (χ4n) is 2.59. The summed E-state index contributed by atoms with van der Waals surface area (Å²) in [4.78, 5) is 2.30. The van der Waals surface area contributed by atoms with Gasteiger partial charge in [-0.1, -0.05) is 31.5 Å². The number of nitrogen functional groups attached to an aromatic ring is 1. The molecule has 1 aromatic rings. The molecule has 1 aliphatic rings. The summed E-state index contributed by atoms with van der Waals surface area (Å²) < 4.78 is 0. The van der Waals surface area contributed by atoms with Gasteiger partial charge in [0.1, 0.15) is 5.84 Å². The van der Waals surface area contributed by atoms with Crippen molar-refractivity contribution in [1.82, 2.24) is 0 Å². The van der Waals surface area contributed by atoms with Crippen molar-refractivity contribution in [3.8, 4) is 0 Å². The van der Waals surface area contributed by atoms with Gasteiger partial charge >= 0.3 is 0 Å². The average molecular weight is 266 g/mol. The van der Waals surface area contributed by atoms with Gasteiger partial charge in [-0.3, -0.25) is 5.41 Å². The van der Waals surface area contributed by atoms with Crippen molar-refractivity contribution in [1.29, 1.82) is 5.41 Å². The Morgan fingerprint density at radius 1 is 1.50 bits per heavy atom. The fraction of sp³-hybridized carbons (Fsp3) is 0.500. The van der Waals surface area contributed by atoms with Crippen LogP contribution in [0.25, 0.3) is 0 Å². The Hall–Kier alpha value is -1.22. The molecule has 0 bridgehead atoms. The van der Waals surface area contributed by atoms with Gasteiger partial charge in [0.25, 0.3) is 0 Å². The van der Waals surface area contributed by atoms with Gasteiger partial charge in [0.2, 0.25) is 0 Å². The standard InChI is InChI=1S/C14H20ClN3/c1-9(2)10-6-7-18(8-10)12-5-3-4-11(15)13(12)14(16)17/h3-5,9-10H,6-8H2,1-2H3,(H3,16,17). The summed E-state index contributed by atoms with van der Waals surface area (Å²) in [6.07, 6.45) is 1.20. The molecular formula is C14H20ClN3. The molecule has 1 saturated heterocycles. The molecule has 0 radical (unpaired) electrons. The average Bonchev–Trinajstić information content (AvgIpc) is 2.77. The third-order valence-electron chi connectivity index (χ3n) is 3.77. The Kier molecular flexibility index (Phi) is 3.81. The molecule has 1 aromatic carbocycles. The number of amidine groups is 1. The molecule has 0 spiro atoms.